The molecule has 10 nitrogen and oxygen atoms in total. The zero-order chi connectivity index (χ0) is 24.7. The van der Waals surface area contributed by atoms with Gasteiger partial charge in [0.1, 0.15) is 0 Å². The number of rotatable bonds is 10. The average molecular weight is 471 g/mol. The summed E-state index contributed by atoms with van der Waals surface area (Å²) in [4.78, 5) is 35.4. The van der Waals surface area contributed by atoms with Crippen molar-refractivity contribution in [1.82, 2.24) is 25.3 Å². The van der Waals surface area contributed by atoms with Gasteiger partial charge in [0.05, 0.1) is 7.11 Å². The number of hydrogen-bond acceptors (Lipinski definition) is 9. The van der Waals surface area contributed by atoms with Gasteiger partial charge >= 0.3 is 0 Å². The molecule has 10 heteroatoms. The van der Waals surface area contributed by atoms with Gasteiger partial charge in [0, 0.05) is 37.9 Å². The summed E-state index contributed by atoms with van der Waals surface area (Å²) in [6, 6.07) is 5.37. The van der Waals surface area contributed by atoms with Crippen molar-refractivity contribution in [3.8, 4) is 0 Å². The monoisotopic (exact) mass is 470 g/mol. The second-order valence-corrected chi connectivity index (χ2v) is 9.96. The van der Waals surface area contributed by atoms with Crippen LogP contribution in [0.2, 0.25) is 0 Å². The third-order valence-electron chi connectivity index (χ3n) is 5.53. The number of carbonyl (C=O) groups is 1. The first-order valence-corrected chi connectivity index (χ1v) is 11.8. The molecule has 0 bridgehead atoms. The third kappa shape index (κ3) is 7.53. The Kier molecular flexibility index (Phi) is 8.62. The summed E-state index contributed by atoms with van der Waals surface area (Å²) in [7, 11) is 3.39. The lowest BCUT2D eigenvalue weighted by molar-refractivity contribution is 0.0537. The second kappa shape index (κ2) is 11.4. The Labute approximate surface area is 202 Å². The van der Waals surface area contributed by atoms with E-state index in [1.165, 1.54) is 20.0 Å². The zero-order valence-corrected chi connectivity index (χ0v) is 21.2. The topological polar surface area (TPSA) is 108 Å². The van der Waals surface area contributed by atoms with Crippen molar-refractivity contribution in [3.05, 3.63) is 29.3 Å². The molecular formula is C24H38N8O2. The fourth-order valence-electron chi connectivity index (χ4n) is 3.95. The maximum Gasteiger partial charge on any atom is 0.274 e. The summed E-state index contributed by atoms with van der Waals surface area (Å²) in [6.07, 6.45) is 2.53. The first kappa shape index (κ1) is 25.6. The summed E-state index contributed by atoms with van der Waals surface area (Å²) in [5.74, 6) is 1.21. The van der Waals surface area contributed by atoms with E-state index in [9.17, 15) is 4.79 Å². The molecule has 1 aliphatic rings. The van der Waals surface area contributed by atoms with Crippen LogP contribution in [0.3, 0.4) is 0 Å². The van der Waals surface area contributed by atoms with E-state index in [2.05, 4.69) is 56.7 Å². The molecule has 1 saturated heterocycles. The lowest BCUT2D eigenvalue weighted by Gasteiger charge is -2.27. The number of aromatic nitrogens is 3. The Bertz CT molecular complexity index is 970. The number of nitrogens with zero attached hydrogens (tertiary/aromatic N) is 5. The van der Waals surface area contributed by atoms with E-state index in [0.29, 0.717) is 23.4 Å². The molecule has 34 heavy (non-hydrogen) atoms. The molecule has 1 fully saturated rings. The van der Waals surface area contributed by atoms with Gasteiger partial charge in [-0.1, -0.05) is 26.8 Å². The Balaban J connectivity index is 1.83. The molecule has 0 unspecified atom stereocenters. The minimum atomic E-state index is -0.323. The van der Waals surface area contributed by atoms with Crippen molar-refractivity contribution in [1.29, 1.82) is 0 Å². The third-order valence-corrected chi connectivity index (χ3v) is 5.53. The fraction of sp³-hybridized carbons (Fsp3) is 0.583. The molecule has 186 valence electrons. The number of nitrogens with one attached hydrogen (secondary N) is 3. The normalized spacial score (nSPS) is 14.2. The molecular weight excluding hydrogens is 432 g/mol. The Morgan fingerprint density at radius 2 is 1.85 bits per heavy atom. The Morgan fingerprint density at radius 3 is 2.53 bits per heavy atom. The van der Waals surface area contributed by atoms with Crippen LogP contribution in [-0.4, -0.2) is 72.6 Å². The highest BCUT2D eigenvalue weighted by atomic mass is 16.6. The zero-order valence-electron chi connectivity index (χ0n) is 21.2. The van der Waals surface area contributed by atoms with Crippen LogP contribution in [0.1, 0.15) is 49.5 Å². The van der Waals surface area contributed by atoms with Gasteiger partial charge in [-0.25, -0.2) is 5.48 Å². The van der Waals surface area contributed by atoms with Crippen molar-refractivity contribution < 1.29 is 9.63 Å². The highest BCUT2D eigenvalue weighted by Crippen LogP contribution is 2.23. The maximum absolute atomic E-state index is 12.2. The first-order chi connectivity index (χ1) is 16.1. The van der Waals surface area contributed by atoms with Crippen LogP contribution < -0.4 is 21.0 Å². The van der Waals surface area contributed by atoms with Gasteiger partial charge in [-0.05, 0) is 56.0 Å². The van der Waals surface area contributed by atoms with E-state index in [0.717, 1.165) is 44.0 Å². The van der Waals surface area contributed by atoms with E-state index < -0.39 is 0 Å². The fourth-order valence-corrected chi connectivity index (χ4v) is 3.95. The van der Waals surface area contributed by atoms with Crippen LogP contribution >= 0.6 is 0 Å². The quantitative estimate of drug-likeness (QED) is 0.451. The molecule has 3 N–H and O–H groups in total. The minimum absolute atomic E-state index is 0.0813. The summed E-state index contributed by atoms with van der Waals surface area (Å²) in [5, 5.41) is 6.65. The largest absolute Gasteiger partial charge is 0.353 e. The maximum atomic E-state index is 12.2. The van der Waals surface area contributed by atoms with E-state index in [1.807, 2.05) is 24.9 Å². The van der Waals surface area contributed by atoms with Gasteiger partial charge < -0.3 is 20.4 Å². The van der Waals surface area contributed by atoms with E-state index in [-0.39, 0.29) is 11.3 Å². The highest BCUT2D eigenvalue weighted by molar-refractivity contribution is 5.94. The van der Waals surface area contributed by atoms with Crippen molar-refractivity contribution in [3.63, 3.8) is 0 Å². The summed E-state index contributed by atoms with van der Waals surface area (Å²) in [6.45, 7) is 13.3. The van der Waals surface area contributed by atoms with Crippen LogP contribution in [0.4, 0.5) is 23.5 Å². The molecule has 0 saturated carbocycles. The molecule has 0 radical (unpaired) electrons. The smallest absolute Gasteiger partial charge is 0.274 e. The van der Waals surface area contributed by atoms with Crippen LogP contribution in [0, 0.1) is 12.3 Å². The number of carbonyl (C=O) groups excluding carboxylic acids is 1. The lowest BCUT2D eigenvalue weighted by Crippen LogP contribution is -2.31. The van der Waals surface area contributed by atoms with Crippen LogP contribution in [0.5, 0.6) is 0 Å². The number of aryl methyl sites for hydroxylation is 1. The molecule has 1 aliphatic heterocycles. The van der Waals surface area contributed by atoms with Gasteiger partial charge in [-0.3, -0.25) is 9.63 Å². The molecule has 3 rings (SSSR count). The van der Waals surface area contributed by atoms with E-state index >= 15 is 0 Å². The van der Waals surface area contributed by atoms with Crippen molar-refractivity contribution in [2.24, 2.45) is 5.41 Å². The predicted molar refractivity (Wildman–Crippen MR) is 136 cm³/mol. The molecule has 1 aromatic heterocycles. The standard InChI is InChI=1S/C24H38N8O2/c1-17-9-10-18(20(33)30-34-6)15-19(17)26-22-27-21(25-11-14-32-12-7-8-13-32)28-23(29-22)31(5)16-24(2,3)4/h9-10,15H,7-8,11-14,16H2,1-6H3,(H,30,33)(H2,25,26,27,28,29). The molecule has 1 amide bonds. The van der Waals surface area contributed by atoms with Crippen LogP contribution in [0.15, 0.2) is 18.2 Å². The average Bonchev–Trinajstić information content (AvgIpc) is 3.28. The lowest BCUT2D eigenvalue weighted by atomic mass is 9.96. The summed E-state index contributed by atoms with van der Waals surface area (Å²) < 4.78 is 0. The van der Waals surface area contributed by atoms with Gasteiger partial charge in [0.25, 0.3) is 5.91 Å². The van der Waals surface area contributed by atoms with Gasteiger partial charge in [-0.15, -0.1) is 0 Å². The Hall–Kier alpha value is -2.98. The van der Waals surface area contributed by atoms with E-state index in [1.54, 1.807) is 12.1 Å². The summed E-state index contributed by atoms with van der Waals surface area (Å²) in [5.41, 5.74) is 4.60. The SMILES string of the molecule is CONC(=O)c1ccc(C)c(Nc2nc(NCCN3CCCC3)nc(N(C)CC(C)(C)C)n2)c1. The number of anilines is 4. The molecule has 0 aliphatic carbocycles. The van der Waals surface area contributed by atoms with E-state index in [4.69, 9.17) is 4.84 Å². The number of likely N-dealkylation sites (tertiary alicyclic amines) is 1. The van der Waals surface area contributed by atoms with Crippen molar-refractivity contribution in [2.75, 3.05) is 62.4 Å². The number of hydroxylamine groups is 1. The predicted octanol–water partition coefficient (Wildman–Crippen LogP) is 3.20. The van der Waals surface area contributed by atoms with Crippen LogP contribution in [0.25, 0.3) is 0 Å². The second-order valence-electron chi connectivity index (χ2n) is 9.96. The van der Waals surface area contributed by atoms with Gasteiger partial charge in [0.15, 0.2) is 0 Å². The molecule has 2 heterocycles. The van der Waals surface area contributed by atoms with Crippen molar-refractivity contribution >= 4 is 29.4 Å². The highest BCUT2D eigenvalue weighted by Gasteiger charge is 2.18. The van der Waals surface area contributed by atoms with Crippen LogP contribution in [-0.2, 0) is 4.84 Å². The molecule has 1 aromatic carbocycles. The molecule has 2 aromatic rings. The summed E-state index contributed by atoms with van der Waals surface area (Å²) >= 11 is 0. The Morgan fingerprint density at radius 1 is 1.15 bits per heavy atom. The van der Waals surface area contributed by atoms with Crippen molar-refractivity contribution in [2.45, 2.75) is 40.5 Å². The molecule has 0 spiro atoms. The number of benzene rings is 1. The number of hydrogen-bond donors (Lipinski definition) is 3. The minimum Gasteiger partial charge on any atom is -0.353 e. The van der Waals surface area contributed by atoms with Gasteiger partial charge in [0.2, 0.25) is 17.8 Å². The van der Waals surface area contributed by atoms with Gasteiger partial charge in [-0.2, -0.15) is 15.0 Å². The first-order valence-electron chi connectivity index (χ1n) is 11.8. The number of amides is 1. The molecule has 0 atom stereocenters.